The lowest BCUT2D eigenvalue weighted by Crippen LogP contribution is -2.52. The van der Waals surface area contributed by atoms with Crippen molar-refractivity contribution in [2.75, 3.05) is 33.5 Å². The molecule has 0 amide bonds. The third-order valence-corrected chi connectivity index (χ3v) is 3.53. The highest BCUT2D eigenvalue weighted by molar-refractivity contribution is 5.78. The van der Waals surface area contributed by atoms with Crippen molar-refractivity contribution < 1.29 is 24.1 Å². The summed E-state index contributed by atoms with van der Waals surface area (Å²) in [5.41, 5.74) is -0.907. The van der Waals surface area contributed by atoms with E-state index in [1.54, 1.807) is 14.0 Å². The largest absolute Gasteiger partial charge is 0.480 e. The quantitative estimate of drug-likeness (QED) is 0.501. The molecule has 1 fully saturated rings. The van der Waals surface area contributed by atoms with Gasteiger partial charge in [0.2, 0.25) is 0 Å². The fourth-order valence-corrected chi connectivity index (χ4v) is 2.21. The van der Waals surface area contributed by atoms with E-state index >= 15 is 0 Å². The Labute approximate surface area is 127 Å². The van der Waals surface area contributed by atoms with Crippen LogP contribution in [0.2, 0.25) is 0 Å². The first kappa shape index (κ1) is 18.4. The molecule has 0 spiro atoms. The monoisotopic (exact) mass is 303 g/mol. The van der Waals surface area contributed by atoms with Gasteiger partial charge in [0.15, 0.2) is 0 Å². The zero-order chi connectivity index (χ0) is 15.7. The van der Waals surface area contributed by atoms with E-state index < -0.39 is 11.5 Å². The molecule has 1 aliphatic rings. The van der Waals surface area contributed by atoms with Crippen LogP contribution in [0.25, 0.3) is 0 Å². The van der Waals surface area contributed by atoms with Crippen LogP contribution in [0, 0.1) is 0 Å². The molecular formula is C15H29NO5. The van der Waals surface area contributed by atoms with Crippen LogP contribution in [0.3, 0.4) is 0 Å². The van der Waals surface area contributed by atoms with E-state index in [-0.39, 0.29) is 6.10 Å². The van der Waals surface area contributed by atoms with Crippen LogP contribution in [0.4, 0.5) is 0 Å². The molecule has 2 N–H and O–H groups in total. The molecule has 0 saturated heterocycles. The smallest absolute Gasteiger partial charge is 0.323 e. The van der Waals surface area contributed by atoms with Crippen molar-refractivity contribution in [2.45, 2.75) is 57.2 Å². The fraction of sp³-hybridized carbons (Fsp3) is 0.933. The maximum Gasteiger partial charge on any atom is 0.323 e. The van der Waals surface area contributed by atoms with Gasteiger partial charge in [0, 0.05) is 32.8 Å². The number of ether oxygens (including phenoxy) is 3. The minimum atomic E-state index is -0.907. The Balaban J connectivity index is 2.15. The van der Waals surface area contributed by atoms with Gasteiger partial charge in [-0.2, -0.15) is 0 Å². The zero-order valence-electron chi connectivity index (χ0n) is 13.4. The third-order valence-electron chi connectivity index (χ3n) is 3.53. The lowest BCUT2D eigenvalue weighted by atomic mass is 9.94. The van der Waals surface area contributed by atoms with E-state index in [2.05, 4.69) is 5.32 Å². The van der Waals surface area contributed by atoms with E-state index in [4.69, 9.17) is 14.2 Å². The number of aliphatic carboxylic acids is 1. The van der Waals surface area contributed by atoms with Gasteiger partial charge in [-0.05, 0) is 33.1 Å². The fourth-order valence-electron chi connectivity index (χ4n) is 2.21. The van der Waals surface area contributed by atoms with Crippen LogP contribution in [0.5, 0.6) is 0 Å². The summed E-state index contributed by atoms with van der Waals surface area (Å²) in [6.07, 6.45) is 3.29. The zero-order valence-corrected chi connectivity index (χ0v) is 13.4. The van der Waals surface area contributed by atoms with Crippen LogP contribution in [-0.2, 0) is 19.0 Å². The Kier molecular flexibility index (Phi) is 8.18. The summed E-state index contributed by atoms with van der Waals surface area (Å²) in [7, 11) is 1.64. The van der Waals surface area contributed by atoms with Gasteiger partial charge >= 0.3 is 5.97 Å². The maximum atomic E-state index is 11.4. The van der Waals surface area contributed by atoms with Gasteiger partial charge in [-0.25, -0.2) is 0 Å². The van der Waals surface area contributed by atoms with Crippen molar-refractivity contribution in [2.24, 2.45) is 0 Å². The van der Waals surface area contributed by atoms with E-state index in [0.29, 0.717) is 38.9 Å². The second-order valence-corrected chi connectivity index (χ2v) is 5.90. The molecule has 0 aromatic rings. The highest BCUT2D eigenvalue weighted by Crippen LogP contribution is 2.25. The number of rotatable bonds is 13. The summed E-state index contributed by atoms with van der Waals surface area (Å²) in [5.74, 6) is -0.812. The lowest BCUT2D eigenvalue weighted by molar-refractivity contribution is -0.146. The number of carboxylic acids is 1. The van der Waals surface area contributed by atoms with E-state index in [1.807, 2.05) is 6.92 Å². The molecule has 2 unspecified atom stereocenters. The predicted octanol–water partition coefficient (Wildman–Crippen LogP) is 1.43. The first-order chi connectivity index (χ1) is 9.98. The van der Waals surface area contributed by atoms with Crippen molar-refractivity contribution in [3.63, 3.8) is 0 Å². The second-order valence-electron chi connectivity index (χ2n) is 5.90. The molecule has 6 heteroatoms. The number of hydrogen-bond donors (Lipinski definition) is 2. The average Bonchev–Trinajstić information content (AvgIpc) is 3.21. The summed E-state index contributed by atoms with van der Waals surface area (Å²) < 4.78 is 15.9. The van der Waals surface area contributed by atoms with Crippen LogP contribution in [0.1, 0.15) is 39.5 Å². The van der Waals surface area contributed by atoms with E-state index in [0.717, 1.165) is 19.3 Å². The summed E-state index contributed by atoms with van der Waals surface area (Å²) in [5, 5.41) is 12.6. The molecule has 0 aromatic heterocycles. The molecule has 6 nitrogen and oxygen atoms in total. The van der Waals surface area contributed by atoms with Gasteiger partial charge in [0.05, 0.1) is 19.3 Å². The van der Waals surface area contributed by atoms with Crippen molar-refractivity contribution in [3.8, 4) is 0 Å². The average molecular weight is 303 g/mol. The van der Waals surface area contributed by atoms with Crippen LogP contribution >= 0.6 is 0 Å². The lowest BCUT2D eigenvalue weighted by Gasteiger charge is -2.29. The molecule has 0 aliphatic heterocycles. The van der Waals surface area contributed by atoms with Gasteiger partial charge in [-0.3, -0.25) is 10.1 Å². The van der Waals surface area contributed by atoms with Crippen molar-refractivity contribution in [3.05, 3.63) is 0 Å². The third kappa shape index (κ3) is 7.76. The Morgan fingerprint density at radius 1 is 1.33 bits per heavy atom. The van der Waals surface area contributed by atoms with Gasteiger partial charge < -0.3 is 19.3 Å². The maximum absolute atomic E-state index is 11.4. The van der Waals surface area contributed by atoms with Gasteiger partial charge in [0.25, 0.3) is 0 Å². The van der Waals surface area contributed by atoms with Crippen LogP contribution in [0.15, 0.2) is 0 Å². The van der Waals surface area contributed by atoms with Gasteiger partial charge in [0.1, 0.15) is 5.54 Å². The van der Waals surface area contributed by atoms with E-state index in [9.17, 15) is 9.90 Å². The van der Waals surface area contributed by atoms with Crippen molar-refractivity contribution in [1.82, 2.24) is 5.32 Å². The first-order valence-electron chi connectivity index (χ1n) is 7.67. The summed E-state index contributed by atoms with van der Waals surface area (Å²) in [6.45, 7) is 6.05. The SMILES string of the molecule is COCCOCCCOC(C)CC(C)(NC1CC1)C(=O)O. The second kappa shape index (κ2) is 9.35. The van der Waals surface area contributed by atoms with Gasteiger partial charge in [-0.15, -0.1) is 0 Å². The molecule has 0 aromatic carbocycles. The molecule has 0 heterocycles. The highest BCUT2D eigenvalue weighted by atomic mass is 16.5. The molecular weight excluding hydrogens is 274 g/mol. The predicted molar refractivity (Wildman–Crippen MR) is 79.5 cm³/mol. The standard InChI is InChI=1S/C15H29NO5/c1-12(21-8-4-7-20-10-9-19-3)11-15(2,14(17)18)16-13-5-6-13/h12-13,16H,4-11H2,1-3H3,(H,17,18). The van der Waals surface area contributed by atoms with Crippen molar-refractivity contribution >= 4 is 5.97 Å². The Hall–Kier alpha value is -0.690. The molecule has 124 valence electrons. The molecule has 21 heavy (non-hydrogen) atoms. The van der Waals surface area contributed by atoms with Crippen molar-refractivity contribution in [1.29, 1.82) is 0 Å². The number of methoxy groups -OCH3 is 1. The molecule has 0 bridgehead atoms. The summed E-state index contributed by atoms with van der Waals surface area (Å²) in [6, 6.07) is 0.354. The minimum absolute atomic E-state index is 0.101. The highest BCUT2D eigenvalue weighted by Gasteiger charge is 2.39. The van der Waals surface area contributed by atoms with Crippen LogP contribution in [-0.4, -0.2) is 62.3 Å². The number of carbonyl (C=O) groups is 1. The molecule has 1 saturated carbocycles. The topological polar surface area (TPSA) is 77.0 Å². The Bertz CT molecular complexity index is 308. The molecule has 1 rings (SSSR count). The molecule has 0 radical (unpaired) electrons. The van der Waals surface area contributed by atoms with E-state index in [1.165, 1.54) is 0 Å². The summed E-state index contributed by atoms with van der Waals surface area (Å²) >= 11 is 0. The number of nitrogens with one attached hydrogen (secondary N) is 1. The Morgan fingerprint density at radius 3 is 2.62 bits per heavy atom. The minimum Gasteiger partial charge on any atom is -0.480 e. The summed E-state index contributed by atoms with van der Waals surface area (Å²) in [4.78, 5) is 11.4. The normalized spacial score (nSPS) is 19.2. The van der Waals surface area contributed by atoms with Crippen LogP contribution < -0.4 is 5.32 Å². The molecule has 1 aliphatic carbocycles. The number of hydrogen-bond acceptors (Lipinski definition) is 5. The first-order valence-corrected chi connectivity index (χ1v) is 7.67. The molecule has 2 atom stereocenters. The number of carboxylic acid groups (broad SMARTS) is 1. The van der Waals surface area contributed by atoms with Gasteiger partial charge in [-0.1, -0.05) is 0 Å². The Morgan fingerprint density at radius 2 is 2.05 bits per heavy atom.